The zero-order valence-corrected chi connectivity index (χ0v) is 11.4. The first-order valence-electron chi connectivity index (χ1n) is 5.67. The molecule has 5 heteroatoms. The number of benzene rings is 1. The average Bonchev–Trinajstić information content (AvgIpc) is 2.39. The van der Waals surface area contributed by atoms with Gasteiger partial charge in [0.2, 0.25) is 0 Å². The number of aromatic nitrogens is 1. The van der Waals surface area contributed by atoms with E-state index in [1.54, 1.807) is 31.4 Å². The van der Waals surface area contributed by atoms with Crippen LogP contribution in [-0.4, -0.2) is 18.0 Å². The number of hydrogen-bond donors (Lipinski definition) is 1. The van der Waals surface area contributed by atoms with Crippen molar-refractivity contribution in [1.82, 2.24) is 4.98 Å². The third kappa shape index (κ3) is 3.23. The molecule has 0 saturated heterocycles. The fourth-order valence-electron chi connectivity index (χ4n) is 1.64. The SMILES string of the molecule is COc1cc(C(=O)Nc2ccnc(Cl)c2)ccc1C. The van der Waals surface area contributed by atoms with E-state index in [0.717, 1.165) is 5.56 Å². The van der Waals surface area contributed by atoms with Crippen LogP contribution in [0.15, 0.2) is 36.5 Å². The molecule has 19 heavy (non-hydrogen) atoms. The van der Waals surface area contributed by atoms with Gasteiger partial charge in [0.15, 0.2) is 0 Å². The number of amides is 1. The van der Waals surface area contributed by atoms with E-state index in [4.69, 9.17) is 16.3 Å². The number of rotatable bonds is 3. The van der Waals surface area contributed by atoms with Crippen molar-refractivity contribution in [3.8, 4) is 5.75 Å². The zero-order chi connectivity index (χ0) is 13.8. The summed E-state index contributed by atoms with van der Waals surface area (Å²) in [5, 5.41) is 3.08. The Kier molecular flexibility index (Phi) is 4.02. The van der Waals surface area contributed by atoms with Crippen LogP contribution >= 0.6 is 11.6 Å². The third-order valence-electron chi connectivity index (χ3n) is 2.65. The number of anilines is 1. The van der Waals surface area contributed by atoms with Gasteiger partial charge in [-0.25, -0.2) is 4.98 Å². The van der Waals surface area contributed by atoms with Gasteiger partial charge in [0.25, 0.3) is 5.91 Å². The Balaban J connectivity index is 2.20. The molecule has 0 aliphatic carbocycles. The van der Waals surface area contributed by atoms with Crippen molar-refractivity contribution in [2.75, 3.05) is 12.4 Å². The smallest absolute Gasteiger partial charge is 0.255 e. The Morgan fingerprint density at radius 1 is 1.32 bits per heavy atom. The minimum atomic E-state index is -0.222. The van der Waals surface area contributed by atoms with Crippen molar-refractivity contribution in [2.45, 2.75) is 6.92 Å². The largest absolute Gasteiger partial charge is 0.496 e. The van der Waals surface area contributed by atoms with E-state index < -0.39 is 0 Å². The Labute approximate surface area is 116 Å². The minimum absolute atomic E-state index is 0.222. The summed E-state index contributed by atoms with van der Waals surface area (Å²) >= 11 is 5.76. The maximum atomic E-state index is 12.1. The highest BCUT2D eigenvalue weighted by Gasteiger charge is 2.09. The van der Waals surface area contributed by atoms with Gasteiger partial charge in [-0.2, -0.15) is 0 Å². The quantitative estimate of drug-likeness (QED) is 0.875. The van der Waals surface area contributed by atoms with Crippen molar-refractivity contribution < 1.29 is 9.53 Å². The van der Waals surface area contributed by atoms with E-state index in [1.807, 2.05) is 13.0 Å². The molecule has 2 rings (SSSR count). The van der Waals surface area contributed by atoms with Gasteiger partial charge in [0.1, 0.15) is 10.9 Å². The van der Waals surface area contributed by atoms with Gasteiger partial charge in [0.05, 0.1) is 7.11 Å². The van der Waals surface area contributed by atoms with Gasteiger partial charge in [-0.05, 0) is 36.8 Å². The predicted octanol–water partition coefficient (Wildman–Crippen LogP) is 3.30. The molecule has 98 valence electrons. The molecule has 1 aromatic heterocycles. The number of carbonyl (C=O) groups excluding carboxylic acids is 1. The number of nitrogens with zero attached hydrogens (tertiary/aromatic N) is 1. The van der Waals surface area contributed by atoms with Gasteiger partial charge in [-0.3, -0.25) is 4.79 Å². The van der Waals surface area contributed by atoms with E-state index in [2.05, 4.69) is 10.3 Å². The van der Waals surface area contributed by atoms with Crippen LogP contribution in [0.3, 0.4) is 0 Å². The fourth-order valence-corrected chi connectivity index (χ4v) is 1.82. The summed E-state index contributed by atoms with van der Waals surface area (Å²) in [6, 6.07) is 8.55. The van der Waals surface area contributed by atoms with Crippen molar-refractivity contribution in [3.63, 3.8) is 0 Å². The number of ether oxygens (including phenoxy) is 1. The van der Waals surface area contributed by atoms with Crippen LogP contribution in [0.2, 0.25) is 5.15 Å². The van der Waals surface area contributed by atoms with E-state index in [9.17, 15) is 4.79 Å². The van der Waals surface area contributed by atoms with Gasteiger partial charge in [0, 0.05) is 17.4 Å². The second kappa shape index (κ2) is 5.71. The van der Waals surface area contributed by atoms with Crippen LogP contribution in [0.1, 0.15) is 15.9 Å². The second-order valence-corrected chi connectivity index (χ2v) is 4.39. The normalized spacial score (nSPS) is 10.1. The van der Waals surface area contributed by atoms with Crippen molar-refractivity contribution in [1.29, 1.82) is 0 Å². The molecule has 4 nitrogen and oxygen atoms in total. The number of halogens is 1. The lowest BCUT2D eigenvalue weighted by atomic mass is 10.1. The molecule has 1 aromatic carbocycles. The average molecular weight is 277 g/mol. The highest BCUT2D eigenvalue weighted by Crippen LogP contribution is 2.20. The predicted molar refractivity (Wildman–Crippen MR) is 74.9 cm³/mol. The summed E-state index contributed by atoms with van der Waals surface area (Å²) in [5.41, 5.74) is 2.10. The Morgan fingerprint density at radius 3 is 2.79 bits per heavy atom. The fraction of sp³-hybridized carbons (Fsp3) is 0.143. The number of methoxy groups -OCH3 is 1. The maximum absolute atomic E-state index is 12.1. The van der Waals surface area contributed by atoms with Crippen molar-refractivity contribution >= 4 is 23.2 Å². The minimum Gasteiger partial charge on any atom is -0.496 e. The number of nitrogens with one attached hydrogen (secondary N) is 1. The highest BCUT2D eigenvalue weighted by molar-refractivity contribution is 6.29. The van der Waals surface area contributed by atoms with Crippen molar-refractivity contribution in [2.24, 2.45) is 0 Å². The molecule has 0 spiro atoms. The van der Waals surface area contributed by atoms with E-state index in [1.165, 1.54) is 6.20 Å². The topological polar surface area (TPSA) is 51.2 Å². The van der Waals surface area contributed by atoms with Gasteiger partial charge in [-0.15, -0.1) is 0 Å². The molecule has 2 aromatic rings. The van der Waals surface area contributed by atoms with Crippen LogP contribution in [-0.2, 0) is 0 Å². The highest BCUT2D eigenvalue weighted by atomic mass is 35.5. The summed E-state index contributed by atoms with van der Waals surface area (Å²) in [6.07, 6.45) is 1.54. The zero-order valence-electron chi connectivity index (χ0n) is 10.6. The lowest BCUT2D eigenvalue weighted by Gasteiger charge is -2.08. The molecule has 0 unspecified atom stereocenters. The second-order valence-electron chi connectivity index (χ2n) is 4.01. The molecule has 1 heterocycles. The molecule has 1 N–H and O–H groups in total. The van der Waals surface area contributed by atoms with E-state index in [-0.39, 0.29) is 5.91 Å². The number of aryl methyl sites for hydroxylation is 1. The summed E-state index contributed by atoms with van der Waals surface area (Å²) < 4.78 is 5.19. The van der Waals surface area contributed by atoms with Gasteiger partial charge < -0.3 is 10.1 Å². The summed E-state index contributed by atoms with van der Waals surface area (Å²) in [6.45, 7) is 1.92. The number of pyridine rings is 1. The number of hydrogen-bond acceptors (Lipinski definition) is 3. The molecular formula is C14H13ClN2O2. The van der Waals surface area contributed by atoms with Crippen LogP contribution in [0, 0.1) is 6.92 Å². The van der Waals surface area contributed by atoms with Gasteiger partial charge in [-0.1, -0.05) is 17.7 Å². The summed E-state index contributed by atoms with van der Waals surface area (Å²) in [5.74, 6) is 0.459. The van der Waals surface area contributed by atoms with Crippen LogP contribution < -0.4 is 10.1 Å². The number of carbonyl (C=O) groups is 1. The van der Waals surface area contributed by atoms with Crippen LogP contribution in [0.4, 0.5) is 5.69 Å². The molecule has 0 saturated carbocycles. The lowest BCUT2D eigenvalue weighted by Crippen LogP contribution is -2.12. The Bertz CT molecular complexity index is 614. The molecule has 0 fully saturated rings. The first-order chi connectivity index (χ1) is 9.10. The molecular weight excluding hydrogens is 264 g/mol. The van der Waals surface area contributed by atoms with E-state index in [0.29, 0.717) is 22.2 Å². The monoisotopic (exact) mass is 276 g/mol. The van der Waals surface area contributed by atoms with Crippen molar-refractivity contribution in [3.05, 3.63) is 52.8 Å². The maximum Gasteiger partial charge on any atom is 0.255 e. The van der Waals surface area contributed by atoms with Crippen LogP contribution in [0.5, 0.6) is 5.75 Å². The lowest BCUT2D eigenvalue weighted by molar-refractivity contribution is 0.102. The molecule has 1 amide bonds. The summed E-state index contributed by atoms with van der Waals surface area (Å²) in [4.78, 5) is 15.9. The first kappa shape index (κ1) is 13.4. The van der Waals surface area contributed by atoms with E-state index >= 15 is 0 Å². The molecule has 0 atom stereocenters. The Morgan fingerprint density at radius 2 is 2.11 bits per heavy atom. The molecule has 0 radical (unpaired) electrons. The summed E-state index contributed by atoms with van der Waals surface area (Å²) in [7, 11) is 1.58. The molecule has 0 aliphatic heterocycles. The third-order valence-corrected chi connectivity index (χ3v) is 2.86. The van der Waals surface area contributed by atoms with Crippen LogP contribution in [0.25, 0.3) is 0 Å². The Hall–Kier alpha value is -2.07. The standard InChI is InChI=1S/C14H13ClN2O2/c1-9-3-4-10(7-12(9)19-2)14(18)17-11-5-6-16-13(15)8-11/h3-8H,1-2H3,(H,16,17,18). The van der Waals surface area contributed by atoms with Gasteiger partial charge >= 0.3 is 0 Å². The first-order valence-corrected chi connectivity index (χ1v) is 6.05. The molecule has 0 bridgehead atoms. The molecule has 0 aliphatic rings.